The third-order valence-corrected chi connectivity index (χ3v) is 4.76. The van der Waals surface area contributed by atoms with E-state index in [0.29, 0.717) is 0 Å². The predicted octanol–water partition coefficient (Wildman–Crippen LogP) is 2.96. The Morgan fingerprint density at radius 1 is 1.33 bits per heavy atom. The molecule has 1 aromatic carbocycles. The number of rotatable bonds is 7. The molecule has 0 aliphatic carbocycles. The van der Waals surface area contributed by atoms with E-state index in [1.54, 1.807) is 18.4 Å². The van der Waals surface area contributed by atoms with Crippen LogP contribution in [-0.2, 0) is 19.4 Å². The lowest BCUT2D eigenvalue weighted by molar-refractivity contribution is 0.414. The second-order valence-electron chi connectivity index (χ2n) is 5.51. The number of ether oxygens (including phenoxy) is 1. The van der Waals surface area contributed by atoms with Gasteiger partial charge in [-0.2, -0.15) is 0 Å². The molecule has 0 saturated heterocycles. The van der Waals surface area contributed by atoms with Gasteiger partial charge in [0.25, 0.3) is 0 Å². The number of aryl methyl sites for hydroxylation is 1. The fourth-order valence-corrected chi connectivity index (χ4v) is 3.17. The monoisotopic (exact) mass is 346 g/mol. The Balaban J connectivity index is 1.83. The van der Waals surface area contributed by atoms with Crippen LogP contribution in [0, 0.1) is 0 Å². The molecule has 0 amide bonds. The molecule has 0 aliphatic heterocycles. The average Bonchev–Trinajstić information content (AvgIpc) is 3.07. The highest BCUT2D eigenvalue weighted by Crippen LogP contribution is 2.13. The Morgan fingerprint density at radius 2 is 2.08 bits per heavy atom. The van der Waals surface area contributed by atoms with Crippen molar-refractivity contribution in [3.63, 3.8) is 0 Å². The minimum Gasteiger partial charge on any atom is -0.497 e. The van der Waals surface area contributed by atoms with E-state index < -0.39 is 0 Å². The maximum Gasteiger partial charge on any atom is 0.193 e. The lowest BCUT2D eigenvalue weighted by Crippen LogP contribution is -2.39. The van der Waals surface area contributed by atoms with Gasteiger partial charge in [0.15, 0.2) is 5.96 Å². The van der Waals surface area contributed by atoms with E-state index in [1.807, 2.05) is 26.2 Å². The van der Waals surface area contributed by atoms with Crippen LogP contribution in [-0.4, -0.2) is 43.6 Å². The molecule has 0 saturated carbocycles. The smallest absolute Gasteiger partial charge is 0.193 e. The van der Waals surface area contributed by atoms with Crippen molar-refractivity contribution in [1.29, 1.82) is 0 Å². The van der Waals surface area contributed by atoms with E-state index in [1.165, 1.54) is 10.6 Å². The van der Waals surface area contributed by atoms with Crippen molar-refractivity contribution in [3.05, 3.63) is 45.9 Å². The van der Waals surface area contributed by atoms with Gasteiger partial charge >= 0.3 is 0 Å². The van der Waals surface area contributed by atoms with Crippen LogP contribution >= 0.6 is 11.3 Å². The van der Waals surface area contributed by atoms with Crippen molar-refractivity contribution in [2.75, 3.05) is 27.7 Å². The Kier molecular flexibility index (Phi) is 7.06. The maximum absolute atomic E-state index is 5.19. The SMILES string of the molecule is CCc1nc(CCNC(=NC)N(C)Cc2ccc(OC)cc2)cs1. The highest BCUT2D eigenvalue weighted by molar-refractivity contribution is 7.09. The quantitative estimate of drug-likeness (QED) is 0.618. The summed E-state index contributed by atoms with van der Waals surface area (Å²) in [4.78, 5) is 11.1. The van der Waals surface area contributed by atoms with Crippen LogP contribution in [0.2, 0.25) is 0 Å². The van der Waals surface area contributed by atoms with Crippen molar-refractivity contribution in [3.8, 4) is 5.75 Å². The van der Waals surface area contributed by atoms with Crippen LogP contribution < -0.4 is 10.1 Å². The van der Waals surface area contributed by atoms with Crippen molar-refractivity contribution in [2.45, 2.75) is 26.3 Å². The number of hydrogen-bond acceptors (Lipinski definition) is 4. The summed E-state index contributed by atoms with van der Waals surface area (Å²) < 4.78 is 5.19. The van der Waals surface area contributed by atoms with Gasteiger partial charge in [-0.1, -0.05) is 19.1 Å². The number of methoxy groups -OCH3 is 1. The molecule has 0 unspecified atom stereocenters. The first-order valence-corrected chi connectivity index (χ1v) is 9.02. The molecular formula is C18H26N4OS. The van der Waals surface area contributed by atoms with Gasteiger partial charge in [-0.15, -0.1) is 11.3 Å². The van der Waals surface area contributed by atoms with E-state index in [0.717, 1.165) is 43.3 Å². The maximum atomic E-state index is 5.19. The summed E-state index contributed by atoms with van der Waals surface area (Å²) in [6.07, 6.45) is 1.91. The van der Waals surface area contributed by atoms with Gasteiger partial charge in [0, 0.05) is 39.0 Å². The molecule has 1 aromatic heterocycles. The Morgan fingerprint density at radius 3 is 2.67 bits per heavy atom. The molecule has 2 aromatic rings. The van der Waals surface area contributed by atoms with Crippen LogP contribution in [0.15, 0.2) is 34.6 Å². The van der Waals surface area contributed by atoms with Crippen LogP contribution in [0.25, 0.3) is 0 Å². The Labute approximate surface area is 148 Å². The number of nitrogens with zero attached hydrogens (tertiary/aromatic N) is 3. The highest BCUT2D eigenvalue weighted by atomic mass is 32.1. The molecule has 0 radical (unpaired) electrons. The summed E-state index contributed by atoms with van der Waals surface area (Å²) in [5, 5.41) is 6.75. The fourth-order valence-electron chi connectivity index (χ4n) is 2.39. The molecule has 2 rings (SSSR count). The van der Waals surface area contributed by atoms with E-state index in [9.17, 15) is 0 Å². The minimum atomic E-state index is 0.792. The first kappa shape index (κ1) is 18.3. The van der Waals surface area contributed by atoms with Crippen molar-refractivity contribution >= 4 is 17.3 Å². The lowest BCUT2D eigenvalue weighted by atomic mass is 10.2. The molecule has 130 valence electrons. The summed E-state index contributed by atoms with van der Waals surface area (Å²) in [7, 11) is 5.53. The van der Waals surface area contributed by atoms with Crippen LogP contribution in [0.1, 0.15) is 23.2 Å². The Hall–Kier alpha value is -2.08. The minimum absolute atomic E-state index is 0.792. The van der Waals surface area contributed by atoms with E-state index in [2.05, 4.69) is 44.6 Å². The highest BCUT2D eigenvalue weighted by Gasteiger charge is 2.07. The summed E-state index contributed by atoms with van der Waals surface area (Å²) in [6.45, 7) is 3.75. The first-order valence-electron chi connectivity index (χ1n) is 8.14. The number of hydrogen-bond donors (Lipinski definition) is 1. The number of thiazole rings is 1. The number of benzene rings is 1. The van der Waals surface area contributed by atoms with Gasteiger partial charge in [-0.25, -0.2) is 4.98 Å². The van der Waals surface area contributed by atoms with Gasteiger partial charge in [0.2, 0.25) is 0 Å². The molecule has 0 atom stereocenters. The predicted molar refractivity (Wildman–Crippen MR) is 101 cm³/mol. The third kappa shape index (κ3) is 5.23. The summed E-state index contributed by atoms with van der Waals surface area (Å²) >= 11 is 1.74. The second kappa shape index (κ2) is 9.27. The third-order valence-electron chi connectivity index (χ3n) is 3.72. The molecule has 6 heteroatoms. The topological polar surface area (TPSA) is 49.8 Å². The van der Waals surface area contributed by atoms with Gasteiger partial charge in [0.1, 0.15) is 5.75 Å². The molecule has 1 heterocycles. The molecule has 0 spiro atoms. The molecule has 0 aliphatic rings. The number of guanidine groups is 1. The van der Waals surface area contributed by atoms with Gasteiger partial charge in [-0.05, 0) is 24.1 Å². The summed E-state index contributed by atoms with van der Waals surface area (Å²) in [5.74, 6) is 1.76. The van der Waals surface area contributed by atoms with E-state index in [-0.39, 0.29) is 0 Å². The zero-order chi connectivity index (χ0) is 17.4. The standard InChI is InChI=1S/C18H26N4OS/c1-5-17-21-15(13-24-17)10-11-20-18(19-2)22(3)12-14-6-8-16(23-4)9-7-14/h6-9,13H,5,10-12H2,1-4H3,(H,19,20). The lowest BCUT2D eigenvalue weighted by Gasteiger charge is -2.22. The normalized spacial score (nSPS) is 11.4. The fraction of sp³-hybridized carbons (Fsp3) is 0.444. The van der Waals surface area contributed by atoms with E-state index in [4.69, 9.17) is 4.74 Å². The second-order valence-corrected chi connectivity index (χ2v) is 6.46. The average molecular weight is 347 g/mol. The molecule has 24 heavy (non-hydrogen) atoms. The van der Waals surface area contributed by atoms with Gasteiger partial charge < -0.3 is 15.0 Å². The number of nitrogens with one attached hydrogen (secondary N) is 1. The molecule has 0 fully saturated rings. The molecular weight excluding hydrogens is 320 g/mol. The van der Waals surface area contributed by atoms with Gasteiger partial charge in [0.05, 0.1) is 17.8 Å². The summed E-state index contributed by atoms with van der Waals surface area (Å²) in [6, 6.07) is 8.11. The zero-order valence-corrected chi connectivity index (χ0v) is 15.7. The summed E-state index contributed by atoms with van der Waals surface area (Å²) in [5.41, 5.74) is 2.37. The van der Waals surface area contributed by atoms with Gasteiger partial charge in [-0.3, -0.25) is 4.99 Å². The molecule has 5 nitrogen and oxygen atoms in total. The van der Waals surface area contributed by atoms with E-state index >= 15 is 0 Å². The molecule has 1 N–H and O–H groups in total. The Bertz CT molecular complexity index is 651. The number of aliphatic imine (C=N–C) groups is 1. The zero-order valence-electron chi connectivity index (χ0n) is 14.9. The number of aromatic nitrogens is 1. The van der Waals surface area contributed by atoms with Crippen molar-refractivity contribution in [2.24, 2.45) is 4.99 Å². The first-order chi connectivity index (χ1) is 11.7. The van der Waals surface area contributed by atoms with Crippen LogP contribution in [0.3, 0.4) is 0 Å². The molecule has 0 bridgehead atoms. The van der Waals surface area contributed by atoms with Crippen LogP contribution in [0.5, 0.6) is 5.75 Å². The van der Waals surface area contributed by atoms with Crippen molar-refractivity contribution in [1.82, 2.24) is 15.2 Å². The van der Waals surface area contributed by atoms with Crippen LogP contribution in [0.4, 0.5) is 0 Å². The van der Waals surface area contributed by atoms with Crippen molar-refractivity contribution < 1.29 is 4.74 Å². The largest absolute Gasteiger partial charge is 0.497 e.